The Bertz CT molecular complexity index is 518. The Labute approximate surface area is 116 Å². The monoisotopic (exact) mass is 279 g/mol. The highest BCUT2D eigenvalue weighted by molar-refractivity contribution is 5.96. The maximum Gasteiger partial charge on any atom is 0.404 e. The van der Waals surface area contributed by atoms with Crippen LogP contribution >= 0.6 is 0 Å². The van der Waals surface area contributed by atoms with Gasteiger partial charge in [0.25, 0.3) is 5.91 Å². The Balaban J connectivity index is 1.99. The third-order valence-corrected chi connectivity index (χ3v) is 2.92. The third kappa shape index (κ3) is 3.17. The molecular weight excluding hydrogens is 262 g/mol. The van der Waals surface area contributed by atoms with Gasteiger partial charge in [0.1, 0.15) is 5.69 Å². The van der Waals surface area contributed by atoms with E-state index >= 15 is 0 Å². The highest BCUT2D eigenvalue weighted by Crippen LogP contribution is 2.23. The number of carbonyl (C=O) groups excluding carboxylic acids is 1. The van der Waals surface area contributed by atoms with Gasteiger partial charge in [0.2, 0.25) is 5.88 Å². The molecule has 2 N–H and O–H groups in total. The van der Waals surface area contributed by atoms with Crippen molar-refractivity contribution in [1.29, 1.82) is 0 Å². The van der Waals surface area contributed by atoms with Gasteiger partial charge in [0.15, 0.2) is 0 Å². The number of hydrogen-bond donors (Lipinski definition) is 2. The van der Waals surface area contributed by atoms with E-state index in [1.54, 1.807) is 11.0 Å². The summed E-state index contributed by atoms with van der Waals surface area (Å²) in [7, 11) is 0. The lowest BCUT2D eigenvalue weighted by molar-refractivity contribution is 0.0773. The number of nitrogens with zero attached hydrogens (tertiary/aromatic N) is 2. The van der Waals surface area contributed by atoms with E-state index in [2.05, 4.69) is 10.3 Å². The molecular formula is C13H17N3O4. The van der Waals surface area contributed by atoms with E-state index in [1.165, 1.54) is 0 Å². The molecule has 0 saturated heterocycles. The van der Waals surface area contributed by atoms with Gasteiger partial charge >= 0.3 is 6.09 Å². The molecule has 7 heteroatoms. The molecule has 2 heterocycles. The van der Waals surface area contributed by atoms with Crippen LogP contribution in [0.5, 0.6) is 5.88 Å². The Morgan fingerprint density at radius 2 is 2.35 bits per heavy atom. The van der Waals surface area contributed by atoms with Crippen molar-refractivity contribution in [2.75, 3.05) is 19.7 Å². The molecule has 0 saturated carbocycles. The molecule has 108 valence electrons. The average Bonchev–Trinajstić information content (AvgIpc) is 2.73. The van der Waals surface area contributed by atoms with E-state index in [-0.39, 0.29) is 12.5 Å². The molecule has 20 heavy (non-hydrogen) atoms. The zero-order valence-corrected chi connectivity index (χ0v) is 11.3. The van der Waals surface area contributed by atoms with Crippen molar-refractivity contribution in [3.05, 3.63) is 23.4 Å². The SMILES string of the molecule is CCCOc1ccc2c(n1)C(=O)N(CCNC(=O)O)C2. The quantitative estimate of drug-likeness (QED) is 0.813. The van der Waals surface area contributed by atoms with E-state index in [0.717, 1.165) is 12.0 Å². The van der Waals surface area contributed by atoms with Crippen LogP contribution in [-0.4, -0.2) is 46.7 Å². The second-order valence-electron chi connectivity index (χ2n) is 4.46. The van der Waals surface area contributed by atoms with Gasteiger partial charge in [-0.3, -0.25) is 4.79 Å². The minimum atomic E-state index is -1.09. The first-order valence-corrected chi connectivity index (χ1v) is 6.50. The number of carbonyl (C=O) groups is 2. The van der Waals surface area contributed by atoms with Crippen molar-refractivity contribution in [3.63, 3.8) is 0 Å². The molecule has 2 rings (SSSR count). The van der Waals surface area contributed by atoms with Crippen molar-refractivity contribution in [1.82, 2.24) is 15.2 Å². The number of ether oxygens (including phenoxy) is 1. The van der Waals surface area contributed by atoms with E-state index < -0.39 is 6.09 Å². The topological polar surface area (TPSA) is 91.8 Å². The minimum absolute atomic E-state index is 0.186. The number of rotatable bonds is 6. The van der Waals surface area contributed by atoms with Crippen molar-refractivity contribution < 1.29 is 19.4 Å². The fraction of sp³-hybridized carbons (Fsp3) is 0.462. The Hall–Kier alpha value is -2.31. The summed E-state index contributed by atoms with van der Waals surface area (Å²) in [6.45, 7) is 3.54. The van der Waals surface area contributed by atoms with Crippen LogP contribution in [0.25, 0.3) is 0 Å². The summed E-state index contributed by atoms with van der Waals surface area (Å²) in [5.41, 5.74) is 1.24. The molecule has 0 fully saturated rings. The number of carboxylic acid groups (broad SMARTS) is 1. The summed E-state index contributed by atoms with van der Waals surface area (Å²) in [5.74, 6) is 0.263. The summed E-state index contributed by atoms with van der Waals surface area (Å²) in [6.07, 6.45) is -0.220. The van der Waals surface area contributed by atoms with Crippen LogP contribution in [-0.2, 0) is 6.54 Å². The molecule has 0 aliphatic carbocycles. The summed E-state index contributed by atoms with van der Waals surface area (Å²) >= 11 is 0. The molecule has 1 aromatic rings. The van der Waals surface area contributed by atoms with Gasteiger partial charge in [-0.2, -0.15) is 0 Å². The van der Waals surface area contributed by atoms with Crippen LogP contribution in [0.2, 0.25) is 0 Å². The molecule has 0 bridgehead atoms. The Morgan fingerprint density at radius 1 is 1.55 bits per heavy atom. The van der Waals surface area contributed by atoms with Crippen LogP contribution in [0, 0.1) is 0 Å². The summed E-state index contributed by atoms with van der Waals surface area (Å²) in [5, 5.41) is 10.7. The molecule has 0 aromatic carbocycles. The second kappa shape index (κ2) is 6.23. The predicted octanol–water partition coefficient (Wildman–Crippen LogP) is 1.09. The highest BCUT2D eigenvalue weighted by atomic mass is 16.5. The normalized spacial score (nSPS) is 13.2. The van der Waals surface area contributed by atoms with Crippen molar-refractivity contribution in [3.8, 4) is 5.88 Å². The maximum atomic E-state index is 12.1. The first-order chi connectivity index (χ1) is 9.61. The minimum Gasteiger partial charge on any atom is -0.478 e. The number of nitrogens with one attached hydrogen (secondary N) is 1. The zero-order valence-electron chi connectivity index (χ0n) is 11.3. The summed E-state index contributed by atoms with van der Waals surface area (Å²) in [4.78, 5) is 28.3. The highest BCUT2D eigenvalue weighted by Gasteiger charge is 2.29. The van der Waals surface area contributed by atoms with Crippen molar-refractivity contribution in [2.24, 2.45) is 0 Å². The van der Waals surface area contributed by atoms with E-state index in [4.69, 9.17) is 9.84 Å². The lowest BCUT2D eigenvalue weighted by atomic mass is 10.2. The maximum absolute atomic E-state index is 12.1. The van der Waals surface area contributed by atoms with Crippen molar-refractivity contribution >= 4 is 12.0 Å². The molecule has 0 unspecified atom stereocenters. The van der Waals surface area contributed by atoms with Crippen molar-refractivity contribution in [2.45, 2.75) is 19.9 Å². The number of pyridine rings is 1. The fourth-order valence-corrected chi connectivity index (χ4v) is 1.98. The average molecular weight is 279 g/mol. The lowest BCUT2D eigenvalue weighted by Crippen LogP contribution is -2.34. The van der Waals surface area contributed by atoms with Gasteiger partial charge < -0.3 is 20.1 Å². The third-order valence-electron chi connectivity index (χ3n) is 2.92. The largest absolute Gasteiger partial charge is 0.478 e. The Kier molecular flexibility index (Phi) is 4.39. The molecule has 2 amide bonds. The standard InChI is InChI=1S/C13H17N3O4/c1-2-7-20-10-4-3-9-8-16(6-5-14-13(18)19)12(17)11(9)15-10/h3-4,14H,2,5-8H2,1H3,(H,18,19). The number of amides is 2. The van der Waals surface area contributed by atoms with Gasteiger partial charge in [-0.1, -0.05) is 6.92 Å². The molecule has 7 nitrogen and oxygen atoms in total. The van der Waals surface area contributed by atoms with E-state index in [1.807, 2.05) is 13.0 Å². The van der Waals surface area contributed by atoms with Gasteiger partial charge in [-0.15, -0.1) is 0 Å². The molecule has 0 radical (unpaired) electrons. The van der Waals surface area contributed by atoms with Gasteiger partial charge in [0.05, 0.1) is 6.61 Å². The first-order valence-electron chi connectivity index (χ1n) is 6.50. The van der Waals surface area contributed by atoms with Gasteiger partial charge in [0, 0.05) is 31.3 Å². The van der Waals surface area contributed by atoms with Crippen LogP contribution in [0.15, 0.2) is 12.1 Å². The fourth-order valence-electron chi connectivity index (χ4n) is 1.98. The number of fused-ring (bicyclic) bond motifs is 1. The number of aromatic nitrogens is 1. The molecule has 1 aliphatic rings. The second-order valence-corrected chi connectivity index (χ2v) is 4.46. The van der Waals surface area contributed by atoms with Crippen LogP contribution in [0.3, 0.4) is 0 Å². The molecule has 0 atom stereocenters. The first kappa shape index (κ1) is 14.1. The lowest BCUT2D eigenvalue weighted by Gasteiger charge is -2.14. The summed E-state index contributed by atoms with van der Waals surface area (Å²) < 4.78 is 5.40. The molecule has 1 aromatic heterocycles. The Morgan fingerprint density at radius 3 is 3.05 bits per heavy atom. The molecule has 1 aliphatic heterocycles. The molecule has 0 spiro atoms. The van der Waals surface area contributed by atoms with Crippen LogP contribution in [0.1, 0.15) is 29.4 Å². The summed E-state index contributed by atoms with van der Waals surface area (Å²) in [6, 6.07) is 3.58. The number of hydrogen-bond acceptors (Lipinski definition) is 4. The predicted molar refractivity (Wildman–Crippen MR) is 70.8 cm³/mol. The smallest absolute Gasteiger partial charge is 0.404 e. The van der Waals surface area contributed by atoms with Crippen LogP contribution < -0.4 is 10.1 Å². The van der Waals surface area contributed by atoms with Crippen LogP contribution in [0.4, 0.5) is 4.79 Å². The van der Waals surface area contributed by atoms with Gasteiger partial charge in [-0.25, -0.2) is 9.78 Å². The van der Waals surface area contributed by atoms with E-state index in [9.17, 15) is 9.59 Å². The van der Waals surface area contributed by atoms with Gasteiger partial charge in [-0.05, 0) is 12.5 Å². The zero-order chi connectivity index (χ0) is 14.5. The van der Waals surface area contributed by atoms with E-state index in [0.29, 0.717) is 31.3 Å².